The van der Waals surface area contributed by atoms with Gasteiger partial charge in [-0.15, -0.1) is 0 Å². The predicted molar refractivity (Wildman–Crippen MR) is 64.1 cm³/mol. The first-order valence-corrected chi connectivity index (χ1v) is 4.92. The van der Waals surface area contributed by atoms with Gasteiger partial charge >= 0.3 is 0 Å². The lowest BCUT2D eigenvalue weighted by molar-refractivity contribution is 0.475. The number of hydrogen-bond donors (Lipinski definition) is 4. The minimum Gasteiger partial charge on any atom is -0.508 e. The lowest BCUT2D eigenvalue weighted by Gasteiger charge is -2.05. The van der Waals surface area contributed by atoms with Gasteiger partial charge in [-0.2, -0.15) is 15.0 Å². The Morgan fingerprint density at radius 2 is 1.59 bits per heavy atom. The number of nitrogens with one attached hydrogen (secondary N) is 1. The fraction of sp³-hybridized carbons (Fsp3) is 0.100. The van der Waals surface area contributed by atoms with E-state index in [1.165, 1.54) is 0 Å². The van der Waals surface area contributed by atoms with E-state index in [4.69, 9.17) is 16.6 Å². The highest BCUT2D eigenvalue weighted by molar-refractivity contribution is 5.38. The van der Waals surface area contributed by atoms with Crippen molar-refractivity contribution in [3.63, 3.8) is 0 Å². The van der Waals surface area contributed by atoms with Gasteiger partial charge < -0.3 is 21.9 Å². The van der Waals surface area contributed by atoms with Crippen LogP contribution in [0.4, 0.5) is 17.8 Å². The molecule has 0 spiro atoms. The van der Waals surface area contributed by atoms with Crippen molar-refractivity contribution in [3.8, 4) is 5.75 Å². The average molecular weight is 232 g/mol. The Hall–Kier alpha value is -2.57. The Morgan fingerprint density at radius 1 is 1.00 bits per heavy atom. The molecule has 88 valence electrons. The molecule has 1 aromatic heterocycles. The van der Waals surface area contributed by atoms with Crippen molar-refractivity contribution >= 4 is 17.8 Å². The smallest absolute Gasteiger partial charge is 0.229 e. The Morgan fingerprint density at radius 3 is 2.18 bits per heavy atom. The molecule has 0 aliphatic carbocycles. The van der Waals surface area contributed by atoms with Gasteiger partial charge in [0.2, 0.25) is 17.8 Å². The van der Waals surface area contributed by atoms with Gasteiger partial charge in [0.05, 0.1) is 0 Å². The molecule has 0 radical (unpaired) electrons. The van der Waals surface area contributed by atoms with Crippen molar-refractivity contribution < 1.29 is 5.11 Å². The van der Waals surface area contributed by atoms with E-state index in [1.807, 2.05) is 0 Å². The number of benzene rings is 1. The number of phenolic OH excluding ortho intramolecular Hbond substituents is 1. The molecule has 0 saturated heterocycles. The van der Waals surface area contributed by atoms with Crippen molar-refractivity contribution in [1.29, 1.82) is 0 Å². The number of nitrogen functional groups attached to an aromatic ring is 2. The molecule has 0 amide bonds. The van der Waals surface area contributed by atoms with Gasteiger partial charge in [0.1, 0.15) is 5.75 Å². The highest BCUT2D eigenvalue weighted by Gasteiger charge is 2.01. The third-order valence-electron chi connectivity index (χ3n) is 2.06. The highest BCUT2D eigenvalue weighted by atomic mass is 16.3. The molecule has 0 bridgehead atoms. The van der Waals surface area contributed by atoms with Crippen molar-refractivity contribution in [2.75, 3.05) is 16.8 Å². The molecule has 17 heavy (non-hydrogen) atoms. The summed E-state index contributed by atoms with van der Waals surface area (Å²) in [5.41, 5.74) is 11.8. The molecule has 0 aliphatic heterocycles. The molecule has 1 aromatic carbocycles. The number of nitrogens with zero attached hydrogens (tertiary/aromatic N) is 3. The number of phenols is 1. The maximum atomic E-state index is 9.13. The molecule has 7 nitrogen and oxygen atoms in total. The van der Waals surface area contributed by atoms with Gasteiger partial charge in [0, 0.05) is 6.54 Å². The fourth-order valence-corrected chi connectivity index (χ4v) is 1.28. The number of anilines is 3. The first kappa shape index (κ1) is 10.9. The van der Waals surface area contributed by atoms with Crippen molar-refractivity contribution in [3.05, 3.63) is 29.8 Å². The zero-order valence-corrected chi connectivity index (χ0v) is 8.96. The molecule has 2 aromatic rings. The van der Waals surface area contributed by atoms with E-state index < -0.39 is 0 Å². The second-order valence-electron chi connectivity index (χ2n) is 3.40. The van der Waals surface area contributed by atoms with E-state index in [9.17, 15) is 0 Å². The van der Waals surface area contributed by atoms with E-state index in [-0.39, 0.29) is 17.6 Å². The second kappa shape index (κ2) is 4.52. The predicted octanol–water partition coefficient (Wildman–Crippen LogP) is 0.354. The van der Waals surface area contributed by atoms with E-state index >= 15 is 0 Å². The lowest BCUT2D eigenvalue weighted by atomic mass is 10.2. The molecule has 0 atom stereocenters. The normalized spacial score (nSPS) is 10.1. The SMILES string of the molecule is Nc1nc(N)nc(NCc2ccc(O)cc2)n1. The number of rotatable bonds is 3. The van der Waals surface area contributed by atoms with Crippen molar-refractivity contribution in [2.24, 2.45) is 0 Å². The molecule has 7 heteroatoms. The van der Waals surface area contributed by atoms with Gasteiger partial charge in [0.15, 0.2) is 0 Å². The monoisotopic (exact) mass is 232 g/mol. The molecule has 0 fully saturated rings. The number of hydrogen-bond acceptors (Lipinski definition) is 7. The van der Waals surface area contributed by atoms with Crippen LogP contribution >= 0.6 is 0 Å². The first-order chi connectivity index (χ1) is 8.13. The number of aromatic hydroxyl groups is 1. The summed E-state index contributed by atoms with van der Waals surface area (Å²) in [5.74, 6) is 0.696. The van der Waals surface area contributed by atoms with Crippen LogP contribution in [0.1, 0.15) is 5.56 Å². The van der Waals surface area contributed by atoms with Crippen molar-refractivity contribution in [2.45, 2.75) is 6.54 Å². The first-order valence-electron chi connectivity index (χ1n) is 4.92. The third kappa shape index (κ3) is 2.94. The summed E-state index contributed by atoms with van der Waals surface area (Å²) >= 11 is 0. The zero-order valence-electron chi connectivity index (χ0n) is 8.96. The van der Waals surface area contributed by atoms with Crippen LogP contribution < -0.4 is 16.8 Å². The maximum absolute atomic E-state index is 9.13. The van der Waals surface area contributed by atoms with Crippen LogP contribution in [0.15, 0.2) is 24.3 Å². The van der Waals surface area contributed by atoms with Crippen LogP contribution in [-0.2, 0) is 6.54 Å². The Balaban J connectivity index is 2.04. The quantitative estimate of drug-likeness (QED) is 0.602. The topological polar surface area (TPSA) is 123 Å². The van der Waals surface area contributed by atoms with Crippen LogP contribution in [0.5, 0.6) is 5.75 Å². The van der Waals surface area contributed by atoms with Gasteiger partial charge in [-0.05, 0) is 17.7 Å². The maximum Gasteiger partial charge on any atom is 0.229 e. The van der Waals surface area contributed by atoms with Gasteiger partial charge in [-0.25, -0.2) is 0 Å². The summed E-state index contributed by atoms with van der Waals surface area (Å²) in [5, 5.41) is 12.1. The fourth-order valence-electron chi connectivity index (χ4n) is 1.28. The molecule has 0 saturated carbocycles. The summed E-state index contributed by atoms with van der Waals surface area (Å²) in [6.07, 6.45) is 0. The molecular formula is C10H12N6O. The van der Waals surface area contributed by atoms with Crippen LogP contribution in [0.2, 0.25) is 0 Å². The average Bonchev–Trinajstić information content (AvgIpc) is 2.27. The molecular weight excluding hydrogens is 220 g/mol. The van der Waals surface area contributed by atoms with Gasteiger partial charge in [-0.3, -0.25) is 0 Å². The zero-order chi connectivity index (χ0) is 12.3. The molecule has 2 rings (SSSR count). The summed E-state index contributed by atoms with van der Waals surface area (Å²) in [6, 6.07) is 6.78. The van der Waals surface area contributed by atoms with E-state index in [1.54, 1.807) is 24.3 Å². The summed E-state index contributed by atoms with van der Waals surface area (Å²) in [7, 11) is 0. The second-order valence-corrected chi connectivity index (χ2v) is 3.40. The lowest BCUT2D eigenvalue weighted by Crippen LogP contribution is -2.09. The minimum atomic E-state index is 0.0747. The molecule has 0 aliphatic rings. The van der Waals surface area contributed by atoms with Crippen LogP contribution in [0.25, 0.3) is 0 Å². The third-order valence-corrected chi connectivity index (χ3v) is 2.06. The van der Waals surface area contributed by atoms with Gasteiger partial charge in [0.25, 0.3) is 0 Å². The van der Waals surface area contributed by atoms with Crippen molar-refractivity contribution in [1.82, 2.24) is 15.0 Å². The Labute approximate surface area is 97.5 Å². The standard InChI is InChI=1S/C10H12N6O/c11-8-14-9(12)16-10(15-8)13-5-6-1-3-7(17)4-2-6/h1-4,17H,5H2,(H5,11,12,13,14,15,16). The molecule has 1 heterocycles. The summed E-state index contributed by atoms with van der Waals surface area (Å²) in [6.45, 7) is 0.503. The highest BCUT2D eigenvalue weighted by Crippen LogP contribution is 2.11. The Kier molecular flexibility index (Phi) is 2.91. The number of aromatic nitrogens is 3. The van der Waals surface area contributed by atoms with Crippen LogP contribution in [0.3, 0.4) is 0 Å². The largest absolute Gasteiger partial charge is 0.508 e. The van der Waals surface area contributed by atoms with E-state index in [0.29, 0.717) is 12.5 Å². The van der Waals surface area contributed by atoms with Crippen LogP contribution in [0, 0.1) is 0 Å². The minimum absolute atomic E-state index is 0.0747. The molecule has 0 unspecified atom stereocenters. The Bertz CT molecular complexity index is 492. The van der Waals surface area contributed by atoms with Crippen LogP contribution in [-0.4, -0.2) is 20.1 Å². The summed E-state index contributed by atoms with van der Waals surface area (Å²) < 4.78 is 0. The summed E-state index contributed by atoms with van der Waals surface area (Å²) in [4.78, 5) is 11.4. The van der Waals surface area contributed by atoms with E-state index in [0.717, 1.165) is 5.56 Å². The van der Waals surface area contributed by atoms with Gasteiger partial charge in [-0.1, -0.05) is 12.1 Å². The van der Waals surface area contributed by atoms with E-state index in [2.05, 4.69) is 20.3 Å². The molecule has 6 N–H and O–H groups in total. The number of nitrogens with two attached hydrogens (primary N) is 2.